The summed E-state index contributed by atoms with van der Waals surface area (Å²) in [6.07, 6.45) is 3.14. The van der Waals surface area contributed by atoms with Gasteiger partial charge in [-0.05, 0) is 66.8 Å². The molecule has 1 amide bonds. The molecule has 0 radical (unpaired) electrons. The predicted molar refractivity (Wildman–Crippen MR) is 139 cm³/mol. The summed E-state index contributed by atoms with van der Waals surface area (Å²) in [5.41, 5.74) is 3.57. The van der Waals surface area contributed by atoms with Gasteiger partial charge in [-0.15, -0.1) is 0 Å². The molecule has 0 spiro atoms. The van der Waals surface area contributed by atoms with Gasteiger partial charge in [-0.1, -0.05) is 31.2 Å². The number of benzene rings is 3. The number of aliphatic hydroxyl groups is 1. The van der Waals surface area contributed by atoms with E-state index >= 15 is 0 Å². The smallest absolute Gasteiger partial charge is 0.255 e. The molecule has 0 aliphatic carbocycles. The van der Waals surface area contributed by atoms with Crippen LogP contribution in [0.4, 0.5) is 4.39 Å². The van der Waals surface area contributed by atoms with E-state index in [0.29, 0.717) is 47.8 Å². The number of rotatable bonds is 11. The molecule has 0 aliphatic heterocycles. The van der Waals surface area contributed by atoms with E-state index in [9.17, 15) is 14.3 Å². The number of carbonyl (C=O) groups is 1. The van der Waals surface area contributed by atoms with Crippen LogP contribution in [0.25, 0.3) is 22.0 Å². The van der Waals surface area contributed by atoms with Gasteiger partial charge in [0.2, 0.25) is 0 Å². The van der Waals surface area contributed by atoms with Crippen molar-refractivity contribution in [3.63, 3.8) is 0 Å². The van der Waals surface area contributed by atoms with Crippen LogP contribution >= 0.6 is 0 Å². The normalized spacial score (nSPS) is 11.9. The topological polar surface area (TPSA) is 83.6 Å². The zero-order valence-electron chi connectivity index (χ0n) is 20.5. The molecule has 6 nitrogen and oxygen atoms in total. The van der Waals surface area contributed by atoms with Crippen molar-refractivity contribution in [1.29, 1.82) is 0 Å². The number of hydrogen-bond donors (Lipinski definition) is 3. The van der Waals surface area contributed by atoms with Crippen molar-refractivity contribution >= 4 is 16.8 Å². The first-order chi connectivity index (χ1) is 17.5. The number of nitrogens with one attached hydrogen (secondary N) is 2. The van der Waals surface area contributed by atoms with Crippen molar-refractivity contribution in [2.75, 3.05) is 19.8 Å². The van der Waals surface area contributed by atoms with E-state index in [1.54, 1.807) is 24.3 Å². The molecule has 0 fully saturated rings. The number of fused-ring (bicyclic) bond motifs is 1. The number of H-pyrrole nitrogens is 1. The van der Waals surface area contributed by atoms with Gasteiger partial charge < -0.3 is 24.9 Å². The average Bonchev–Trinajstić information content (AvgIpc) is 3.29. The molecular weight excluding hydrogens is 459 g/mol. The number of aromatic amines is 1. The minimum absolute atomic E-state index is 0.225. The summed E-state index contributed by atoms with van der Waals surface area (Å²) >= 11 is 0. The fraction of sp³-hybridized carbons (Fsp3) is 0.276. The van der Waals surface area contributed by atoms with Crippen molar-refractivity contribution in [1.82, 2.24) is 10.3 Å². The van der Waals surface area contributed by atoms with Crippen LogP contribution in [-0.4, -0.2) is 41.9 Å². The molecule has 1 heterocycles. The van der Waals surface area contributed by atoms with Crippen molar-refractivity contribution in [2.45, 2.75) is 32.7 Å². The van der Waals surface area contributed by atoms with E-state index in [1.165, 1.54) is 12.1 Å². The zero-order chi connectivity index (χ0) is 25.5. The van der Waals surface area contributed by atoms with Crippen LogP contribution in [0.1, 0.15) is 36.2 Å². The Bertz CT molecular complexity index is 1330. The molecule has 0 saturated heterocycles. The molecule has 1 atom stereocenters. The molecule has 36 heavy (non-hydrogen) atoms. The minimum Gasteiger partial charge on any atom is -0.494 e. The Morgan fingerprint density at radius 2 is 1.89 bits per heavy atom. The number of carbonyl (C=O) groups excluding carboxylic acids is 1. The fourth-order valence-electron chi connectivity index (χ4n) is 4.19. The largest absolute Gasteiger partial charge is 0.494 e. The monoisotopic (exact) mass is 490 g/mol. The first kappa shape index (κ1) is 25.3. The maximum atomic E-state index is 14.2. The Morgan fingerprint density at radius 1 is 1.06 bits per heavy atom. The second-order valence-corrected chi connectivity index (χ2v) is 8.58. The molecule has 4 aromatic rings. The number of aliphatic hydroxyl groups excluding tert-OH is 1. The first-order valence-electron chi connectivity index (χ1n) is 12.2. The third-order valence-corrected chi connectivity index (χ3v) is 5.90. The van der Waals surface area contributed by atoms with Crippen molar-refractivity contribution in [3.8, 4) is 22.6 Å². The first-order valence-corrected chi connectivity index (χ1v) is 12.2. The molecule has 0 aliphatic rings. The highest BCUT2D eigenvalue weighted by Crippen LogP contribution is 2.30. The summed E-state index contributed by atoms with van der Waals surface area (Å²) < 4.78 is 25.5. The maximum absolute atomic E-state index is 14.2. The number of amides is 1. The quantitative estimate of drug-likeness (QED) is 0.259. The molecule has 188 valence electrons. The maximum Gasteiger partial charge on any atom is 0.255 e. The van der Waals surface area contributed by atoms with Crippen LogP contribution < -0.4 is 14.8 Å². The predicted octanol–water partition coefficient (Wildman–Crippen LogP) is 5.49. The number of ether oxygens (including phenoxy) is 2. The van der Waals surface area contributed by atoms with E-state index < -0.39 is 11.9 Å². The van der Waals surface area contributed by atoms with Crippen LogP contribution in [0.15, 0.2) is 66.9 Å². The average molecular weight is 491 g/mol. The van der Waals surface area contributed by atoms with E-state index in [1.807, 2.05) is 44.3 Å². The van der Waals surface area contributed by atoms with Gasteiger partial charge in [-0.25, -0.2) is 4.39 Å². The Balaban J connectivity index is 1.61. The SMILES string of the molecule is CCCOc1ccc(-c2cc(F)cc(OCC)c2)cc1C(=O)N[C@@H](CO)Cc1c[nH]c2ccccc12. The number of halogens is 1. The van der Waals surface area contributed by atoms with E-state index in [2.05, 4.69) is 10.3 Å². The van der Waals surface area contributed by atoms with Gasteiger partial charge in [0.25, 0.3) is 5.91 Å². The van der Waals surface area contributed by atoms with Crippen molar-refractivity contribution in [2.24, 2.45) is 0 Å². The van der Waals surface area contributed by atoms with E-state index in [4.69, 9.17) is 9.47 Å². The Labute approximate surface area is 210 Å². The van der Waals surface area contributed by atoms with Gasteiger partial charge in [0.1, 0.15) is 17.3 Å². The lowest BCUT2D eigenvalue weighted by Gasteiger charge is -2.18. The highest BCUT2D eigenvalue weighted by molar-refractivity contribution is 5.98. The minimum atomic E-state index is -0.502. The molecular formula is C29H31FN2O4. The molecule has 7 heteroatoms. The van der Waals surface area contributed by atoms with Crippen LogP contribution in [0.2, 0.25) is 0 Å². The standard InChI is InChI=1S/C29H31FN2O4/c1-3-11-36-28-10-9-19(20-12-22(30)16-24(14-20)35-4-2)15-26(28)29(34)32-23(18-33)13-21-17-31-27-8-6-5-7-25(21)27/h5-10,12,14-17,23,31,33H,3-4,11,13,18H2,1-2H3,(H,32,34)/t23-/m1/s1. The van der Waals surface area contributed by atoms with Gasteiger partial charge >= 0.3 is 0 Å². The number of para-hydroxylation sites is 1. The van der Waals surface area contributed by atoms with Gasteiger partial charge in [0, 0.05) is 23.2 Å². The lowest BCUT2D eigenvalue weighted by Crippen LogP contribution is -2.39. The van der Waals surface area contributed by atoms with Crippen molar-refractivity contribution in [3.05, 3.63) is 83.8 Å². The summed E-state index contributed by atoms with van der Waals surface area (Å²) in [6, 6.07) is 17.1. The van der Waals surface area contributed by atoms with Gasteiger partial charge in [-0.3, -0.25) is 4.79 Å². The Morgan fingerprint density at radius 3 is 2.67 bits per heavy atom. The molecule has 0 bridgehead atoms. The second-order valence-electron chi connectivity index (χ2n) is 8.58. The van der Waals surface area contributed by atoms with Crippen molar-refractivity contribution < 1.29 is 23.8 Å². The van der Waals surface area contributed by atoms with Gasteiger partial charge in [-0.2, -0.15) is 0 Å². The molecule has 3 N–H and O–H groups in total. The highest BCUT2D eigenvalue weighted by atomic mass is 19.1. The lowest BCUT2D eigenvalue weighted by molar-refractivity contribution is 0.0912. The Hall–Kier alpha value is -3.84. The van der Waals surface area contributed by atoms with Crippen LogP contribution in [-0.2, 0) is 6.42 Å². The van der Waals surface area contributed by atoms with E-state index in [-0.39, 0.29) is 12.5 Å². The summed E-state index contributed by atoms with van der Waals surface area (Å²) in [4.78, 5) is 16.6. The molecule has 1 aromatic heterocycles. The van der Waals surface area contributed by atoms with Gasteiger partial charge in [0.05, 0.1) is 31.4 Å². The van der Waals surface area contributed by atoms with Crippen LogP contribution in [0.5, 0.6) is 11.5 Å². The summed E-state index contributed by atoms with van der Waals surface area (Å²) in [6.45, 7) is 4.46. The molecule has 0 unspecified atom stereocenters. The second kappa shape index (κ2) is 11.7. The summed E-state index contributed by atoms with van der Waals surface area (Å²) in [5.74, 6) is 0.0582. The zero-order valence-corrected chi connectivity index (χ0v) is 20.5. The lowest BCUT2D eigenvalue weighted by atomic mass is 10.0. The van der Waals surface area contributed by atoms with E-state index in [0.717, 1.165) is 22.9 Å². The molecule has 0 saturated carbocycles. The third kappa shape index (κ3) is 5.86. The van der Waals surface area contributed by atoms with Crippen LogP contribution in [0, 0.1) is 5.82 Å². The summed E-state index contributed by atoms with van der Waals surface area (Å²) in [7, 11) is 0. The highest BCUT2D eigenvalue weighted by Gasteiger charge is 2.20. The number of aromatic nitrogens is 1. The number of hydrogen-bond acceptors (Lipinski definition) is 4. The molecule has 3 aromatic carbocycles. The third-order valence-electron chi connectivity index (χ3n) is 5.90. The summed E-state index contributed by atoms with van der Waals surface area (Å²) in [5, 5.41) is 14.0. The van der Waals surface area contributed by atoms with Gasteiger partial charge in [0.15, 0.2) is 0 Å². The Kier molecular flexibility index (Phi) is 8.23. The molecule has 4 rings (SSSR count). The van der Waals surface area contributed by atoms with Crippen LogP contribution in [0.3, 0.4) is 0 Å². The fourth-order valence-corrected chi connectivity index (χ4v) is 4.19.